The van der Waals surface area contributed by atoms with Crippen LogP contribution in [0.4, 0.5) is 0 Å². The number of carbonyl (C=O) groups is 1. The highest BCUT2D eigenvalue weighted by atomic mass is 16.7. The molecule has 1 fully saturated rings. The van der Waals surface area contributed by atoms with E-state index in [0.29, 0.717) is 6.42 Å². The fourth-order valence-electron chi connectivity index (χ4n) is 9.99. The van der Waals surface area contributed by atoms with Gasteiger partial charge in [0, 0.05) is 6.42 Å². The quantitative estimate of drug-likeness (QED) is 0.0261. The van der Waals surface area contributed by atoms with Crippen molar-refractivity contribution in [3.05, 3.63) is 36.5 Å². The van der Waals surface area contributed by atoms with Crippen molar-refractivity contribution in [2.24, 2.45) is 0 Å². The summed E-state index contributed by atoms with van der Waals surface area (Å²) in [5, 5.41) is 54.3. The van der Waals surface area contributed by atoms with Gasteiger partial charge in [0.25, 0.3) is 0 Å². The molecule has 7 unspecified atom stereocenters. The summed E-state index contributed by atoms with van der Waals surface area (Å²) in [4.78, 5) is 13.0. The van der Waals surface area contributed by atoms with E-state index in [2.05, 4.69) is 43.5 Å². The summed E-state index contributed by atoms with van der Waals surface area (Å²) in [6, 6.07) is -0.818. The Hall–Kier alpha value is -1.59. The van der Waals surface area contributed by atoms with Gasteiger partial charge in [-0.1, -0.05) is 275 Å². The molecule has 424 valence electrons. The molecule has 9 nitrogen and oxygen atoms in total. The Bertz CT molecular complexity index is 1230. The number of hydrogen-bond donors (Lipinski definition) is 6. The minimum Gasteiger partial charge on any atom is -0.394 e. The summed E-state index contributed by atoms with van der Waals surface area (Å²) in [6.45, 7) is 3.76. The smallest absolute Gasteiger partial charge is 0.220 e. The van der Waals surface area contributed by atoms with Crippen molar-refractivity contribution in [3.8, 4) is 0 Å². The van der Waals surface area contributed by atoms with Crippen LogP contribution in [0.2, 0.25) is 0 Å². The van der Waals surface area contributed by atoms with E-state index < -0.39 is 49.5 Å². The summed E-state index contributed by atoms with van der Waals surface area (Å²) in [7, 11) is 0. The zero-order valence-corrected chi connectivity index (χ0v) is 47.2. The van der Waals surface area contributed by atoms with Crippen LogP contribution >= 0.6 is 0 Å². The SMILES string of the molecule is CCCCCCCC/C=C/CC/C=C/C(O)C(COC1OC(CO)C(O)C(O)C1O)NC(=O)CCCCCCCCCCCCCCCCCCCCCCCCCCC/C=C\CCCCCCCCCC. The molecule has 1 aliphatic rings. The van der Waals surface area contributed by atoms with Crippen molar-refractivity contribution < 1.29 is 39.8 Å². The maximum atomic E-state index is 13.0. The van der Waals surface area contributed by atoms with E-state index in [1.807, 2.05) is 6.08 Å². The molecule has 72 heavy (non-hydrogen) atoms. The van der Waals surface area contributed by atoms with Gasteiger partial charge in [0.05, 0.1) is 25.4 Å². The molecule has 1 rings (SSSR count). The first-order chi connectivity index (χ1) is 35.3. The van der Waals surface area contributed by atoms with Gasteiger partial charge in [-0.3, -0.25) is 4.79 Å². The fraction of sp³-hybridized carbons (Fsp3) is 0.889. The van der Waals surface area contributed by atoms with Gasteiger partial charge in [-0.25, -0.2) is 0 Å². The minimum absolute atomic E-state index is 0.183. The van der Waals surface area contributed by atoms with E-state index in [4.69, 9.17) is 9.47 Å². The van der Waals surface area contributed by atoms with Gasteiger partial charge in [-0.05, 0) is 57.8 Å². The molecule has 7 atom stereocenters. The molecular formula is C63H119NO8. The first kappa shape index (κ1) is 68.4. The van der Waals surface area contributed by atoms with Crippen molar-refractivity contribution in [2.75, 3.05) is 13.2 Å². The molecule has 1 heterocycles. The summed E-state index contributed by atoms with van der Waals surface area (Å²) < 4.78 is 11.2. The highest BCUT2D eigenvalue weighted by Gasteiger charge is 2.44. The molecule has 0 aromatic heterocycles. The lowest BCUT2D eigenvalue weighted by molar-refractivity contribution is -0.302. The van der Waals surface area contributed by atoms with E-state index in [0.717, 1.165) is 38.5 Å². The van der Waals surface area contributed by atoms with Crippen LogP contribution in [0.15, 0.2) is 36.5 Å². The molecule has 0 spiro atoms. The van der Waals surface area contributed by atoms with Crippen LogP contribution in [-0.4, -0.2) is 87.5 Å². The molecular weight excluding hydrogens is 899 g/mol. The Morgan fingerprint density at radius 3 is 1.17 bits per heavy atom. The van der Waals surface area contributed by atoms with E-state index in [1.54, 1.807) is 6.08 Å². The van der Waals surface area contributed by atoms with Crippen LogP contribution in [0.1, 0.15) is 303 Å². The molecule has 0 aromatic carbocycles. The van der Waals surface area contributed by atoms with Gasteiger partial charge in [0.2, 0.25) is 5.91 Å². The Morgan fingerprint density at radius 2 is 0.792 bits per heavy atom. The van der Waals surface area contributed by atoms with Crippen LogP contribution in [0.5, 0.6) is 0 Å². The standard InChI is InChI=1S/C63H119NO8/c1-3-5-7-9-11-13-15-17-18-19-20-21-22-23-24-25-26-27-28-29-30-31-32-33-34-35-36-37-38-39-40-41-43-45-47-49-51-53-59(67)64-56(55-71-63-62(70)61(69)60(68)58(54-65)72-63)57(66)52-50-48-46-44-42-16-14-12-10-8-6-4-2/h19-20,42,44,50,52,56-58,60-63,65-66,68-70H,3-18,21-41,43,45-49,51,53-55H2,1-2H3,(H,64,67)/b20-19-,44-42+,52-50+. The third kappa shape index (κ3) is 41.6. The number of ether oxygens (including phenoxy) is 2. The molecule has 1 aliphatic heterocycles. The van der Waals surface area contributed by atoms with Crippen molar-refractivity contribution in [2.45, 2.75) is 346 Å². The highest BCUT2D eigenvalue weighted by Crippen LogP contribution is 2.23. The molecule has 0 bridgehead atoms. The predicted molar refractivity (Wildman–Crippen MR) is 304 cm³/mol. The number of unbranched alkanes of at least 4 members (excludes halogenated alkanes) is 40. The lowest BCUT2D eigenvalue weighted by Gasteiger charge is -2.40. The summed E-state index contributed by atoms with van der Waals surface area (Å²) in [5.41, 5.74) is 0. The lowest BCUT2D eigenvalue weighted by atomic mass is 9.99. The topological polar surface area (TPSA) is 149 Å². The number of rotatable bonds is 54. The van der Waals surface area contributed by atoms with Gasteiger partial charge >= 0.3 is 0 Å². The second kappa shape index (κ2) is 52.8. The molecule has 6 N–H and O–H groups in total. The number of amides is 1. The first-order valence-corrected chi connectivity index (χ1v) is 31.2. The van der Waals surface area contributed by atoms with Crippen LogP contribution < -0.4 is 5.32 Å². The van der Waals surface area contributed by atoms with Crippen molar-refractivity contribution >= 4 is 5.91 Å². The van der Waals surface area contributed by atoms with Gasteiger partial charge < -0.3 is 40.3 Å². The number of hydrogen-bond acceptors (Lipinski definition) is 8. The molecule has 1 amide bonds. The molecule has 0 aliphatic carbocycles. The monoisotopic (exact) mass is 1020 g/mol. The normalized spacial score (nSPS) is 19.3. The maximum Gasteiger partial charge on any atom is 0.220 e. The van der Waals surface area contributed by atoms with Crippen LogP contribution in [-0.2, 0) is 14.3 Å². The molecule has 9 heteroatoms. The van der Waals surface area contributed by atoms with Crippen molar-refractivity contribution in [3.63, 3.8) is 0 Å². The summed E-state index contributed by atoms with van der Waals surface area (Å²) in [6.07, 6.45) is 62.6. The summed E-state index contributed by atoms with van der Waals surface area (Å²) >= 11 is 0. The third-order valence-corrected chi connectivity index (χ3v) is 14.9. The average Bonchev–Trinajstić information content (AvgIpc) is 3.38. The van der Waals surface area contributed by atoms with Crippen LogP contribution in [0.3, 0.4) is 0 Å². The Labute approximate surface area is 444 Å². The van der Waals surface area contributed by atoms with Gasteiger partial charge in [-0.15, -0.1) is 0 Å². The Kier molecular flexibility index (Phi) is 50.2. The van der Waals surface area contributed by atoms with Crippen molar-refractivity contribution in [1.82, 2.24) is 5.32 Å². The van der Waals surface area contributed by atoms with Gasteiger partial charge in [0.1, 0.15) is 24.4 Å². The predicted octanol–water partition coefficient (Wildman–Crippen LogP) is 15.9. The molecule has 0 radical (unpaired) electrons. The maximum absolute atomic E-state index is 13.0. The molecule has 0 aromatic rings. The lowest BCUT2D eigenvalue weighted by Crippen LogP contribution is -2.60. The van der Waals surface area contributed by atoms with E-state index in [-0.39, 0.29) is 12.5 Å². The van der Waals surface area contributed by atoms with E-state index in [9.17, 15) is 30.3 Å². The zero-order valence-electron chi connectivity index (χ0n) is 47.2. The highest BCUT2D eigenvalue weighted by molar-refractivity contribution is 5.76. The average molecular weight is 1020 g/mol. The Morgan fingerprint density at radius 1 is 0.458 bits per heavy atom. The third-order valence-electron chi connectivity index (χ3n) is 14.9. The van der Waals surface area contributed by atoms with Gasteiger partial charge in [0.15, 0.2) is 6.29 Å². The molecule has 0 saturated carbocycles. The largest absolute Gasteiger partial charge is 0.394 e. The number of aliphatic hydroxyl groups is 5. The number of aliphatic hydroxyl groups excluding tert-OH is 5. The van der Waals surface area contributed by atoms with Crippen LogP contribution in [0, 0.1) is 0 Å². The van der Waals surface area contributed by atoms with Crippen molar-refractivity contribution in [1.29, 1.82) is 0 Å². The zero-order chi connectivity index (χ0) is 52.2. The number of allylic oxidation sites excluding steroid dienone is 5. The summed E-state index contributed by atoms with van der Waals surface area (Å²) in [5.74, 6) is -0.183. The van der Waals surface area contributed by atoms with E-state index >= 15 is 0 Å². The number of nitrogens with one attached hydrogen (secondary N) is 1. The van der Waals surface area contributed by atoms with Crippen LogP contribution in [0.25, 0.3) is 0 Å². The number of carbonyl (C=O) groups excluding carboxylic acids is 1. The second-order valence-corrected chi connectivity index (χ2v) is 21.8. The van der Waals surface area contributed by atoms with E-state index in [1.165, 1.54) is 244 Å². The second-order valence-electron chi connectivity index (χ2n) is 21.8. The molecule has 1 saturated heterocycles. The first-order valence-electron chi connectivity index (χ1n) is 31.2. The van der Waals surface area contributed by atoms with Gasteiger partial charge in [-0.2, -0.15) is 0 Å². The fourth-order valence-corrected chi connectivity index (χ4v) is 9.99. The minimum atomic E-state index is -1.57. The Balaban J connectivity index is 2.04.